The van der Waals surface area contributed by atoms with Gasteiger partial charge in [0, 0.05) is 19.5 Å². The SMILES string of the molecule is C[C@@H](C(=O)Nc1ccc(F)cn1)N1CCC(F)(F)[C@H](c2ncn[nH]2)C1. The number of rotatable bonds is 4. The second-order valence-electron chi connectivity index (χ2n) is 5.96. The maximum absolute atomic E-state index is 14.2. The van der Waals surface area contributed by atoms with Gasteiger partial charge in [-0.25, -0.2) is 23.1 Å². The van der Waals surface area contributed by atoms with Crippen LogP contribution in [0.15, 0.2) is 24.7 Å². The van der Waals surface area contributed by atoms with Crippen LogP contribution in [0.2, 0.25) is 0 Å². The fourth-order valence-electron chi connectivity index (χ4n) is 2.79. The van der Waals surface area contributed by atoms with Crippen molar-refractivity contribution in [1.82, 2.24) is 25.1 Å². The third kappa shape index (κ3) is 3.78. The van der Waals surface area contributed by atoms with E-state index in [1.807, 2.05) is 0 Å². The molecule has 0 spiro atoms. The highest BCUT2D eigenvalue weighted by Crippen LogP contribution is 2.39. The second kappa shape index (κ2) is 6.79. The quantitative estimate of drug-likeness (QED) is 0.874. The Kier molecular flexibility index (Phi) is 4.71. The number of pyridine rings is 1. The van der Waals surface area contributed by atoms with Crippen molar-refractivity contribution >= 4 is 11.7 Å². The Morgan fingerprint density at radius 3 is 2.88 bits per heavy atom. The van der Waals surface area contributed by atoms with E-state index in [9.17, 15) is 18.0 Å². The molecule has 1 fully saturated rings. The molecule has 2 aromatic rings. The van der Waals surface area contributed by atoms with Crippen LogP contribution in [0, 0.1) is 5.82 Å². The largest absolute Gasteiger partial charge is 0.309 e. The molecule has 3 heterocycles. The molecule has 2 N–H and O–H groups in total. The molecular formula is C15H17F3N6O. The molecule has 2 atom stereocenters. The van der Waals surface area contributed by atoms with Gasteiger partial charge in [0.05, 0.1) is 18.2 Å². The molecule has 3 rings (SSSR count). The molecule has 0 radical (unpaired) electrons. The Labute approximate surface area is 141 Å². The molecule has 1 amide bonds. The summed E-state index contributed by atoms with van der Waals surface area (Å²) >= 11 is 0. The first-order valence-corrected chi connectivity index (χ1v) is 7.76. The molecule has 0 aromatic carbocycles. The van der Waals surface area contributed by atoms with E-state index in [-0.39, 0.29) is 31.2 Å². The van der Waals surface area contributed by atoms with Crippen LogP contribution in [0.3, 0.4) is 0 Å². The summed E-state index contributed by atoms with van der Waals surface area (Å²) < 4.78 is 41.2. The number of nitrogens with zero attached hydrogens (tertiary/aromatic N) is 4. The van der Waals surface area contributed by atoms with Crippen molar-refractivity contribution in [1.29, 1.82) is 0 Å². The number of piperidine rings is 1. The van der Waals surface area contributed by atoms with Gasteiger partial charge in [0.15, 0.2) is 0 Å². The van der Waals surface area contributed by atoms with Crippen LogP contribution >= 0.6 is 0 Å². The summed E-state index contributed by atoms with van der Waals surface area (Å²) in [6.07, 6.45) is 1.78. The van der Waals surface area contributed by atoms with E-state index in [1.165, 1.54) is 18.5 Å². The van der Waals surface area contributed by atoms with E-state index in [0.717, 1.165) is 6.20 Å². The van der Waals surface area contributed by atoms with Crippen LogP contribution in [0.1, 0.15) is 25.1 Å². The van der Waals surface area contributed by atoms with Crippen LogP contribution in [-0.2, 0) is 4.79 Å². The van der Waals surface area contributed by atoms with E-state index < -0.39 is 29.6 Å². The van der Waals surface area contributed by atoms with E-state index in [2.05, 4.69) is 25.5 Å². The smallest absolute Gasteiger partial charge is 0.260 e. The zero-order valence-electron chi connectivity index (χ0n) is 13.4. The Hall–Kier alpha value is -2.49. The van der Waals surface area contributed by atoms with Crippen LogP contribution < -0.4 is 5.32 Å². The molecule has 0 saturated carbocycles. The van der Waals surface area contributed by atoms with Crippen LogP contribution in [0.25, 0.3) is 0 Å². The third-order valence-corrected chi connectivity index (χ3v) is 4.33. The summed E-state index contributed by atoms with van der Waals surface area (Å²) in [6.45, 7) is 1.66. The van der Waals surface area contributed by atoms with Crippen molar-refractivity contribution in [3.05, 3.63) is 36.3 Å². The van der Waals surface area contributed by atoms with E-state index in [1.54, 1.807) is 11.8 Å². The van der Waals surface area contributed by atoms with Gasteiger partial charge in [-0.3, -0.25) is 14.8 Å². The number of anilines is 1. The summed E-state index contributed by atoms with van der Waals surface area (Å²) in [5, 5.41) is 8.66. The van der Waals surface area contributed by atoms with Crippen LogP contribution in [0.4, 0.5) is 19.0 Å². The minimum Gasteiger partial charge on any atom is -0.309 e. The number of amides is 1. The first-order chi connectivity index (χ1) is 11.9. The fraction of sp³-hybridized carbons (Fsp3) is 0.467. The van der Waals surface area contributed by atoms with E-state index in [0.29, 0.717) is 0 Å². The number of hydrogen-bond donors (Lipinski definition) is 2. The number of carbonyl (C=O) groups excluding carboxylic acids is 1. The number of hydrogen-bond acceptors (Lipinski definition) is 5. The fourth-order valence-corrected chi connectivity index (χ4v) is 2.79. The number of likely N-dealkylation sites (tertiary alicyclic amines) is 1. The first-order valence-electron chi connectivity index (χ1n) is 7.76. The summed E-state index contributed by atoms with van der Waals surface area (Å²) in [5.74, 6) is -4.71. The first kappa shape index (κ1) is 17.3. The van der Waals surface area contributed by atoms with Crippen LogP contribution in [-0.4, -0.2) is 56.0 Å². The number of carbonyl (C=O) groups is 1. The van der Waals surface area contributed by atoms with Crippen molar-refractivity contribution < 1.29 is 18.0 Å². The second-order valence-corrected chi connectivity index (χ2v) is 5.96. The van der Waals surface area contributed by atoms with Crippen molar-refractivity contribution in [2.24, 2.45) is 0 Å². The third-order valence-electron chi connectivity index (χ3n) is 4.33. The minimum absolute atomic E-state index is 0.0341. The number of halogens is 3. The average molecular weight is 354 g/mol. The van der Waals surface area contributed by atoms with Gasteiger partial charge in [0.2, 0.25) is 5.91 Å². The predicted molar refractivity (Wildman–Crippen MR) is 82.5 cm³/mol. The minimum atomic E-state index is -2.93. The van der Waals surface area contributed by atoms with Gasteiger partial charge in [0.25, 0.3) is 5.92 Å². The van der Waals surface area contributed by atoms with Gasteiger partial charge in [0.1, 0.15) is 23.8 Å². The Morgan fingerprint density at radius 1 is 1.44 bits per heavy atom. The van der Waals surface area contributed by atoms with Gasteiger partial charge in [-0.2, -0.15) is 5.10 Å². The summed E-state index contributed by atoms with van der Waals surface area (Å²) in [7, 11) is 0. The number of nitrogens with one attached hydrogen (secondary N) is 2. The number of aromatic nitrogens is 4. The van der Waals surface area contributed by atoms with Gasteiger partial charge in [-0.15, -0.1) is 0 Å². The zero-order valence-corrected chi connectivity index (χ0v) is 13.4. The molecule has 0 unspecified atom stereocenters. The van der Waals surface area contributed by atoms with Gasteiger partial charge in [-0.1, -0.05) is 0 Å². The molecule has 0 bridgehead atoms. The number of H-pyrrole nitrogens is 1. The molecule has 134 valence electrons. The number of alkyl halides is 2. The average Bonchev–Trinajstić information content (AvgIpc) is 3.10. The molecule has 1 saturated heterocycles. The van der Waals surface area contributed by atoms with Gasteiger partial charge in [-0.05, 0) is 19.1 Å². The van der Waals surface area contributed by atoms with Gasteiger partial charge >= 0.3 is 0 Å². The molecule has 2 aromatic heterocycles. The summed E-state index contributed by atoms with van der Waals surface area (Å²) in [6, 6.07) is 1.85. The summed E-state index contributed by atoms with van der Waals surface area (Å²) in [5.41, 5.74) is 0. The normalized spacial score (nSPS) is 21.7. The molecule has 0 aliphatic carbocycles. The van der Waals surface area contributed by atoms with Gasteiger partial charge < -0.3 is 5.32 Å². The highest BCUT2D eigenvalue weighted by molar-refractivity contribution is 5.93. The standard InChI is InChI=1S/C15H17F3N6O/c1-9(14(25)22-12-3-2-10(16)6-19-12)24-5-4-15(17,18)11(7-24)13-20-8-21-23-13/h2-3,6,8-9,11H,4-5,7H2,1H3,(H,19,22,25)(H,20,21,23)/t9-,11-/m0/s1. The lowest BCUT2D eigenvalue weighted by atomic mass is 9.92. The van der Waals surface area contributed by atoms with Crippen molar-refractivity contribution in [3.8, 4) is 0 Å². The highest BCUT2D eigenvalue weighted by Gasteiger charge is 2.47. The maximum Gasteiger partial charge on any atom is 0.260 e. The molecular weight excluding hydrogens is 337 g/mol. The van der Waals surface area contributed by atoms with Crippen LogP contribution in [0.5, 0.6) is 0 Å². The molecule has 1 aliphatic heterocycles. The summed E-state index contributed by atoms with van der Waals surface area (Å²) in [4.78, 5) is 21.6. The Balaban J connectivity index is 1.68. The van der Waals surface area contributed by atoms with Crippen molar-refractivity contribution in [2.75, 3.05) is 18.4 Å². The molecule has 7 nitrogen and oxygen atoms in total. The highest BCUT2D eigenvalue weighted by atomic mass is 19.3. The van der Waals surface area contributed by atoms with Crippen molar-refractivity contribution in [3.63, 3.8) is 0 Å². The number of aromatic amines is 1. The Morgan fingerprint density at radius 2 is 2.24 bits per heavy atom. The zero-order chi connectivity index (χ0) is 18.0. The topological polar surface area (TPSA) is 86.8 Å². The lowest BCUT2D eigenvalue weighted by Crippen LogP contribution is -2.52. The lowest BCUT2D eigenvalue weighted by molar-refractivity contribution is -0.126. The molecule has 10 heteroatoms. The monoisotopic (exact) mass is 354 g/mol. The van der Waals surface area contributed by atoms with Crippen molar-refractivity contribution in [2.45, 2.75) is 31.2 Å². The van der Waals surface area contributed by atoms with E-state index in [4.69, 9.17) is 0 Å². The maximum atomic E-state index is 14.2. The lowest BCUT2D eigenvalue weighted by Gasteiger charge is -2.39. The predicted octanol–water partition coefficient (Wildman–Crippen LogP) is 1.79. The molecule has 1 aliphatic rings. The molecule has 25 heavy (non-hydrogen) atoms. The Bertz CT molecular complexity index is 721. The van der Waals surface area contributed by atoms with E-state index >= 15 is 0 Å².